The predicted octanol–water partition coefficient (Wildman–Crippen LogP) is -0.110. The molecule has 0 amide bonds. The highest BCUT2D eigenvalue weighted by atomic mass is 16.5. The summed E-state index contributed by atoms with van der Waals surface area (Å²) >= 11 is 0. The number of aromatic nitrogens is 4. The molecule has 0 saturated heterocycles. The zero-order valence-electron chi connectivity index (χ0n) is 8.43. The van der Waals surface area contributed by atoms with E-state index in [9.17, 15) is 9.59 Å². The molecule has 0 atom stereocenters. The number of carbonyl (C=O) groups is 1. The van der Waals surface area contributed by atoms with Crippen LogP contribution in [0.3, 0.4) is 0 Å². The van der Waals surface area contributed by atoms with Crippen LogP contribution in [0.25, 0.3) is 11.2 Å². The molecule has 0 aliphatic heterocycles. The second kappa shape index (κ2) is 4.05. The largest absolute Gasteiger partial charge is 0.460 e. The molecule has 2 aromatic heterocycles. The average Bonchev–Trinajstić information content (AvgIpc) is 2.28. The molecule has 2 heterocycles. The Hall–Kier alpha value is -2.31. The van der Waals surface area contributed by atoms with Crippen molar-refractivity contribution in [2.75, 3.05) is 6.61 Å². The van der Waals surface area contributed by atoms with Crippen LogP contribution < -0.4 is 5.56 Å². The Morgan fingerprint density at radius 1 is 1.44 bits per heavy atom. The van der Waals surface area contributed by atoms with Gasteiger partial charge < -0.3 is 9.72 Å². The molecule has 0 saturated carbocycles. The van der Waals surface area contributed by atoms with Crippen LogP contribution in [0.1, 0.15) is 17.5 Å². The molecule has 0 fully saturated rings. The minimum atomic E-state index is -0.630. The number of esters is 1. The lowest BCUT2D eigenvalue weighted by Gasteiger charge is -2.00. The van der Waals surface area contributed by atoms with Crippen LogP contribution in [0.15, 0.2) is 17.2 Å². The molecule has 1 N–H and O–H groups in total. The van der Waals surface area contributed by atoms with Crippen LogP contribution in [0, 0.1) is 0 Å². The first kappa shape index (κ1) is 10.2. The van der Waals surface area contributed by atoms with Gasteiger partial charge in [-0.05, 0) is 6.92 Å². The number of nitrogens with zero attached hydrogens (tertiary/aromatic N) is 3. The van der Waals surface area contributed by atoms with Crippen molar-refractivity contribution in [2.24, 2.45) is 0 Å². The van der Waals surface area contributed by atoms with Crippen LogP contribution >= 0.6 is 0 Å². The van der Waals surface area contributed by atoms with Crippen molar-refractivity contribution in [3.8, 4) is 0 Å². The Labute approximate surface area is 89.5 Å². The molecule has 16 heavy (non-hydrogen) atoms. The lowest BCUT2D eigenvalue weighted by Crippen LogP contribution is -2.12. The number of ether oxygens (including phenoxy) is 1. The minimum Gasteiger partial charge on any atom is -0.460 e. The molecule has 0 unspecified atom stereocenters. The third-order valence-corrected chi connectivity index (χ3v) is 1.79. The topological polar surface area (TPSA) is 97.8 Å². The van der Waals surface area contributed by atoms with Crippen LogP contribution in [-0.4, -0.2) is 32.5 Å². The molecular weight excluding hydrogens is 212 g/mol. The number of rotatable bonds is 2. The Bertz CT molecular complexity index is 593. The number of hydrogen-bond acceptors (Lipinski definition) is 6. The first-order valence-electron chi connectivity index (χ1n) is 4.60. The molecule has 0 radical (unpaired) electrons. The molecule has 82 valence electrons. The third-order valence-electron chi connectivity index (χ3n) is 1.79. The number of H-pyrrole nitrogens is 1. The lowest BCUT2D eigenvalue weighted by molar-refractivity contribution is 0.0512. The molecular formula is C9H8N4O3. The Kier molecular flexibility index (Phi) is 2.59. The van der Waals surface area contributed by atoms with Gasteiger partial charge in [0.25, 0.3) is 5.56 Å². The molecule has 0 aliphatic carbocycles. The van der Waals surface area contributed by atoms with E-state index < -0.39 is 5.97 Å². The summed E-state index contributed by atoms with van der Waals surface area (Å²) in [6, 6.07) is 0. The molecule has 2 aromatic rings. The van der Waals surface area contributed by atoms with E-state index in [1.165, 1.54) is 6.20 Å². The van der Waals surface area contributed by atoms with E-state index in [4.69, 9.17) is 4.74 Å². The summed E-state index contributed by atoms with van der Waals surface area (Å²) in [7, 11) is 0. The minimum absolute atomic E-state index is 0.0991. The number of carbonyl (C=O) groups excluding carboxylic acids is 1. The van der Waals surface area contributed by atoms with Crippen molar-refractivity contribution in [3.05, 3.63) is 28.6 Å². The Morgan fingerprint density at radius 3 is 3.00 bits per heavy atom. The van der Waals surface area contributed by atoms with Gasteiger partial charge in [0.15, 0.2) is 5.65 Å². The molecule has 0 aromatic carbocycles. The molecule has 0 bridgehead atoms. The van der Waals surface area contributed by atoms with Crippen LogP contribution in [0.5, 0.6) is 0 Å². The smallest absolute Gasteiger partial charge is 0.376 e. The van der Waals surface area contributed by atoms with Gasteiger partial charge in [0.05, 0.1) is 19.0 Å². The summed E-state index contributed by atoms with van der Waals surface area (Å²) < 4.78 is 4.73. The van der Waals surface area contributed by atoms with E-state index in [0.29, 0.717) is 5.52 Å². The highest BCUT2D eigenvalue weighted by Crippen LogP contribution is 2.02. The van der Waals surface area contributed by atoms with Crippen molar-refractivity contribution < 1.29 is 9.53 Å². The van der Waals surface area contributed by atoms with Crippen LogP contribution in [0.4, 0.5) is 0 Å². The van der Waals surface area contributed by atoms with Crippen molar-refractivity contribution in [3.63, 3.8) is 0 Å². The van der Waals surface area contributed by atoms with E-state index in [1.807, 2.05) is 0 Å². The SMILES string of the molecule is CCOC(=O)c1ncc2ncc(=O)[nH]c2n1. The summed E-state index contributed by atoms with van der Waals surface area (Å²) in [6.45, 7) is 1.92. The maximum absolute atomic E-state index is 11.3. The van der Waals surface area contributed by atoms with E-state index in [-0.39, 0.29) is 23.6 Å². The first-order chi connectivity index (χ1) is 7.70. The Morgan fingerprint density at radius 2 is 2.25 bits per heavy atom. The fraction of sp³-hybridized carbons (Fsp3) is 0.222. The van der Waals surface area contributed by atoms with E-state index >= 15 is 0 Å². The fourth-order valence-electron chi connectivity index (χ4n) is 1.13. The zero-order chi connectivity index (χ0) is 11.5. The highest BCUT2D eigenvalue weighted by Gasteiger charge is 2.11. The van der Waals surface area contributed by atoms with Crippen molar-refractivity contribution in [2.45, 2.75) is 6.92 Å². The van der Waals surface area contributed by atoms with Crippen LogP contribution in [-0.2, 0) is 4.74 Å². The average molecular weight is 220 g/mol. The normalized spacial score (nSPS) is 10.3. The number of aromatic amines is 1. The summed E-state index contributed by atoms with van der Waals surface area (Å²) in [6.07, 6.45) is 2.47. The predicted molar refractivity (Wildman–Crippen MR) is 53.9 cm³/mol. The van der Waals surface area contributed by atoms with Gasteiger partial charge in [-0.15, -0.1) is 0 Å². The summed E-state index contributed by atoms with van der Waals surface area (Å²) in [4.78, 5) is 36.2. The van der Waals surface area contributed by atoms with E-state index in [2.05, 4.69) is 19.9 Å². The van der Waals surface area contributed by atoms with Gasteiger partial charge in [-0.25, -0.2) is 19.7 Å². The van der Waals surface area contributed by atoms with Crippen molar-refractivity contribution >= 4 is 17.1 Å². The van der Waals surface area contributed by atoms with Gasteiger partial charge in [0, 0.05) is 0 Å². The van der Waals surface area contributed by atoms with E-state index in [0.717, 1.165) is 6.20 Å². The van der Waals surface area contributed by atoms with Crippen molar-refractivity contribution in [1.29, 1.82) is 0 Å². The summed E-state index contributed by atoms with van der Waals surface area (Å²) in [5.41, 5.74) is 0.235. The summed E-state index contributed by atoms with van der Waals surface area (Å²) in [5.74, 6) is -0.730. The second-order valence-electron chi connectivity index (χ2n) is 2.90. The first-order valence-corrected chi connectivity index (χ1v) is 4.60. The van der Waals surface area contributed by atoms with Gasteiger partial charge in [0.1, 0.15) is 5.52 Å². The Balaban J connectivity index is 2.50. The van der Waals surface area contributed by atoms with Crippen molar-refractivity contribution in [1.82, 2.24) is 19.9 Å². The third kappa shape index (κ3) is 1.88. The molecule has 2 rings (SSSR count). The second-order valence-corrected chi connectivity index (χ2v) is 2.90. The maximum Gasteiger partial charge on any atom is 0.376 e. The standard InChI is InChI=1S/C9H8N4O3/c1-2-16-9(15)8-11-3-5-7(13-8)12-6(14)4-10-5/h3-4H,2H2,1H3,(H,11,12,13,14). The fourth-order valence-corrected chi connectivity index (χ4v) is 1.13. The molecule has 0 aliphatic rings. The van der Waals surface area contributed by atoms with Gasteiger partial charge >= 0.3 is 5.97 Å². The molecule has 7 heteroatoms. The molecule has 0 spiro atoms. The van der Waals surface area contributed by atoms with Gasteiger partial charge in [-0.2, -0.15) is 0 Å². The number of fused-ring (bicyclic) bond motifs is 1. The monoisotopic (exact) mass is 220 g/mol. The maximum atomic E-state index is 11.3. The number of hydrogen-bond donors (Lipinski definition) is 1. The van der Waals surface area contributed by atoms with Gasteiger partial charge in [-0.3, -0.25) is 4.79 Å². The van der Waals surface area contributed by atoms with Gasteiger partial charge in [-0.1, -0.05) is 0 Å². The molecule has 7 nitrogen and oxygen atoms in total. The summed E-state index contributed by atoms with van der Waals surface area (Å²) in [5, 5.41) is 0. The number of nitrogens with one attached hydrogen (secondary N) is 1. The zero-order valence-corrected chi connectivity index (χ0v) is 8.43. The lowest BCUT2D eigenvalue weighted by atomic mass is 10.5. The highest BCUT2D eigenvalue weighted by molar-refractivity contribution is 5.86. The van der Waals surface area contributed by atoms with Gasteiger partial charge in [0.2, 0.25) is 5.82 Å². The van der Waals surface area contributed by atoms with Crippen LogP contribution in [0.2, 0.25) is 0 Å². The van der Waals surface area contributed by atoms with E-state index in [1.54, 1.807) is 6.92 Å². The quantitative estimate of drug-likeness (QED) is 0.709.